The minimum Gasteiger partial charge on any atom is -0.493 e. The Morgan fingerprint density at radius 2 is 2.00 bits per heavy atom. The Labute approximate surface area is 121 Å². The molecule has 1 atom stereocenters. The summed E-state index contributed by atoms with van der Waals surface area (Å²) in [7, 11) is 1.69. The molecule has 0 aliphatic rings. The molecule has 0 fully saturated rings. The van der Waals surface area contributed by atoms with E-state index < -0.39 is 0 Å². The first-order chi connectivity index (χ1) is 9.69. The molecule has 0 spiro atoms. The van der Waals surface area contributed by atoms with E-state index in [1.165, 1.54) is 5.56 Å². The highest BCUT2D eigenvalue weighted by atomic mass is 16.5. The summed E-state index contributed by atoms with van der Waals surface area (Å²) in [5.41, 5.74) is 2.04. The van der Waals surface area contributed by atoms with Crippen LogP contribution in [0.5, 0.6) is 5.75 Å². The first-order valence-electron chi connectivity index (χ1n) is 7.51. The lowest BCUT2D eigenvalue weighted by molar-refractivity contribution is 0.386. The summed E-state index contributed by atoms with van der Waals surface area (Å²) < 4.78 is 11.5. The van der Waals surface area contributed by atoms with Crippen LogP contribution in [0.1, 0.15) is 50.5 Å². The van der Waals surface area contributed by atoms with Gasteiger partial charge in [0.15, 0.2) is 11.3 Å². The molecule has 1 heterocycles. The number of furan rings is 1. The van der Waals surface area contributed by atoms with Crippen LogP contribution in [0.15, 0.2) is 22.6 Å². The van der Waals surface area contributed by atoms with Crippen molar-refractivity contribution in [3.63, 3.8) is 0 Å². The average Bonchev–Trinajstić information content (AvgIpc) is 2.85. The number of ether oxygens (including phenoxy) is 1. The number of nitrogens with one attached hydrogen (secondary N) is 1. The van der Waals surface area contributed by atoms with Crippen molar-refractivity contribution in [1.82, 2.24) is 5.32 Å². The molecular weight excluding hydrogens is 250 g/mol. The molecule has 0 aliphatic carbocycles. The molecule has 0 aliphatic heterocycles. The average molecular weight is 275 g/mol. The molecule has 1 aromatic carbocycles. The Kier molecular flexibility index (Phi) is 5.07. The summed E-state index contributed by atoms with van der Waals surface area (Å²) in [6.07, 6.45) is 3.35. The lowest BCUT2D eigenvalue weighted by Gasteiger charge is -2.14. The molecule has 0 bridgehead atoms. The van der Waals surface area contributed by atoms with Gasteiger partial charge in [-0.1, -0.05) is 20.3 Å². The van der Waals surface area contributed by atoms with Crippen molar-refractivity contribution in [2.45, 2.75) is 46.1 Å². The van der Waals surface area contributed by atoms with E-state index >= 15 is 0 Å². The largest absolute Gasteiger partial charge is 0.493 e. The van der Waals surface area contributed by atoms with Crippen molar-refractivity contribution >= 4 is 11.0 Å². The smallest absolute Gasteiger partial charge is 0.176 e. The van der Waals surface area contributed by atoms with Gasteiger partial charge in [0.25, 0.3) is 0 Å². The third-order valence-corrected chi connectivity index (χ3v) is 3.53. The molecule has 0 radical (unpaired) electrons. The van der Waals surface area contributed by atoms with Crippen LogP contribution >= 0.6 is 0 Å². The van der Waals surface area contributed by atoms with E-state index in [-0.39, 0.29) is 6.04 Å². The zero-order valence-electron chi connectivity index (χ0n) is 13.0. The number of aryl methyl sites for hydroxylation is 1. The normalized spacial score (nSPS) is 12.8. The second-order valence-electron chi connectivity index (χ2n) is 5.33. The van der Waals surface area contributed by atoms with Crippen molar-refractivity contribution in [2.24, 2.45) is 0 Å². The Bertz CT molecular complexity index is 559. The second-order valence-corrected chi connectivity index (χ2v) is 5.33. The van der Waals surface area contributed by atoms with Gasteiger partial charge >= 0.3 is 0 Å². The summed E-state index contributed by atoms with van der Waals surface area (Å²) >= 11 is 0. The maximum atomic E-state index is 6.07. The van der Waals surface area contributed by atoms with Crippen molar-refractivity contribution in [3.8, 4) is 5.75 Å². The zero-order valence-corrected chi connectivity index (χ0v) is 13.0. The number of benzene rings is 1. The summed E-state index contributed by atoms with van der Waals surface area (Å²) in [5.74, 6) is 1.83. The minimum atomic E-state index is 0.289. The van der Waals surface area contributed by atoms with Crippen LogP contribution in [0.3, 0.4) is 0 Å². The van der Waals surface area contributed by atoms with Crippen LogP contribution in [-0.4, -0.2) is 13.7 Å². The van der Waals surface area contributed by atoms with E-state index in [2.05, 4.69) is 38.2 Å². The number of hydrogen-bond donors (Lipinski definition) is 1. The lowest BCUT2D eigenvalue weighted by Crippen LogP contribution is -2.21. The van der Waals surface area contributed by atoms with Gasteiger partial charge in [-0.3, -0.25) is 0 Å². The number of rotatable bonds is 7. The monoisotopic (exact) mass is 275 g/mol. The summed E-state index contributed by atoms with van der Waals surface area (Å²) in [6, 6.07) is 6.60. The highest BCUT2D eigenvalue weighted by molar-refractivity contribution is 5.84. The maximum Gasteiger partial charge on any atom is 0.176 e. The SMILES string of the molecule is CCCNC(CCC)c1cc2cc(C)cc(OC)c2o1. The fraction of sp³-hybridized carbons (Fsp3) is 0.529. The van der Waals surface area contributed by atoms with Gasteiger partial charge in [-0.25, -0.2) is 0 Å². The molecule has 110 valence electrons. The fourth-order valence-corrected chi connectivity index (χ4v) is 2.56. The van der Waals surface area contributed by atoms with E-state index in [0.29, 0.717) is 0 Å². The van der Waals surface area contributed by atoms with E-state index in [0.717, 1.165) is 48.3 Å². The van der Waals surface area contributed by atoms with Crippen LogP contribution < -0.4 is 10.1 Å². The van der Waals surface area contributed by atoms with Gasteiger partial charge in [0, 0.05) is 5.39 Å². The van der Waals surface area contributed by atoms with Gasteiger partial charge in [-0.05, 0) is 50.1 Å². The van der Waals surface area contributed by atoms with Crippen LogP contribution in [0, 0.1) is 6.92 Å². The molecule has 1 N–H and O–H groups in total. The van der Waals surface area contributed by atoms with Gasteiger partial charge in [0.1, 0.15) is 5.76 Å². The van der Waals surface area contributed by atoms with E-state index in [1.807, 2.05) is 6.07 Å². The number of fused-ring (bicyclic) bond motifs is 1. The van der Waals surface area contributed by atoms with Crippen LogP contribution in [-0.2, 0) is 0 Å². The summed E-state index contributed by atoms with van der Waals surface area (Å²) in [5, 5.41) is 4.69. The lowest BCUT2D eigenvalue weighted by atomic mass is 10.1. The molecule has 1 aromatic heterocycles. The highest BCUT2D eigenvalue weighted by Crippen LogP contribution is 2.33. The Morgan fingerprint density at radius 3 is 2.65 bits per heavy atom. The summed E-state index contributed by atoms with van der Waals surface area (Å²) in [4.78, 5) is 0. The van der Waals surface area contributed by atoms with Crippen molar-refractivity contribution in [3.05, 3.63) is 29.5 Å². The van der Waals surface area contributed by atoms with Crippen molar-refractivity contribution in [2.75, 3.05) is 13.7 Å². The summed E-state index contributed by atoms with van der Waals surface area (Å²) in [6.45, 7) is 7.47. The van der Waals surface area contributed by atoms with E-state index in [1.54, 1.807) is 7.11 Å². The minimum absolute atomic E-state index is 0.289. The molecule has 1 unspecified atom stereocenters. The topological polar surface area (TPSA) is 34.4 Å². The fourth-order valence-electron chi connectivity index (χ4n) is 2.56. The molecule has 3 heteroatoms. The molecule has 0 amide bonds. The molecule has 20 heavy (non-hydrogen) atoms. The Morgan fingerprint density at radius 1 is 1.20 bits per heavy atom. The second kappa shape index (κ2) is 6.80. The Balaban J connectivity index is 2.37. The van der Waals surface area contributed by atoms with E-state index in [9.17, 15) is 0 Å². The van der Waals surface area contributed by atoms with Gasteiger partial charge in [0.05, 0.1) is 13.2 Å². The molecule has 2 rings (SSSR count). The molecular formula is C17H25NO2. The van der Waals surface area contributed by atoms with Gasteiger partial charge in [0.2, 0.25) is 0 Å². The number of hydrogen-bond acceptors (Lipinski definition) is 3. The maximum absolute atomic E-state index is 6.07. The Hall–Kier alpha value is -1.48. The first-order valence-corrected chi connectivity index (χ1v) is 7.51. The quantitative estimate of drug-likeness (QED) is 0.802. The van der Waals surface area contributed by atoms with Crippen LogP contribution in [0.2, 0.25) is 0 Å². The van der Waals surface area contributed by atoms with Crippen molar-refractivity contribution in [1.29, 1.82) is 0 Å². The van der Waals surface area contributed by atoms with E-state index in [4.69, 9.17) is 9.15 Å². The van der Waals surface area contributed by atoms with Crippen LogP contribution in [0.4, 0.5) is 0 Å². The van der Waals surface area contributed by atoms with Crippen molar-refractivity contribution < 1.29 is 9.15 Å². The number of methoxy groups -OCH3 is 1. The highest BCUT2D eigenvalue weighted by Gasteiger charge is 2.17. The molecule has 3 nitrogen and oxygen atoms in total. The standard InChI is InChI=1S/C17H25NO2/c1-5-7-14(18-8-6-2)15-11-13-9-12(3)10-16(19-4)17(13)20-15/h9-11,14,18H,5-8H2,1-4H3. The van der Waals surface area contributed by atoms with Crippen LogP contribution in [0.25, 0.3) is 11.0 Å². The third kappa shape index (κ3) is 3.15. The molecule has 2 aromatic rings. The molecule has 0 saturated heterocycles. The molecule has 0 saturated carbocycles. The zero-order chi connectivity index (χ0) is 14.5. The first kappa shape index (κ1) is 14.9. The van der Waals surface area contributed by atoms with Gasteiger partial charge < -0.3 is 14.5 Å². The van der Waals surface area contributed by atoms with Gasteiger partial charge in [-0.2, -0.15) is 0 Å². The predicted molar refractivity (Wildman–Crippen MR) is 83.4 cm³/mol. The third-order valence-electron chi connectivity index (χ3n) is 3.53. The predicted octanol–water partition coefficient (Wildman–Crippen LogP) is 4.59. The van der Waals surface area contributed by atoms with Gasteiger partial charge in [-0.15, -0.1) is 0 Å².